The number of ether oxygens (including phenoxy) is 3. The molecular formula is C29H34O4. The van der Waals surface area contributed by atoms with Gasteiger partial charge in [0.25, 0.3) is 0 Å². The molecule has 174 valence electrons. The molecule has 0 saturated carbocycles. The number of hydrogen-bond donors (Lipinski definition) is 0. The molecule has 3 aromatic rings. The third-order valence-electron chi connectivity index (χ3n) is 5.40. The first-order valence-corrected chi connectivity index (χ1v) is 11.4. The highest BCUT2D eigenvalue weighted by molar-refractivity contribution is 5.66. The number of esters is 1. The Morgan fingerprint density at radius 1 is 0.758 bits per heavy atom. The van der Waals surface area contributed by atoms with Crippen LogP contribution in [-0.4, -0.2) is 31.4 Å². The fourth-order valence-corrected chi connectivity index (χ4v) is 4.01. The van der Waals surface area contributed by atoms with Gasteiger partial charge in [0.05, 0.1) is 19.8 Å². The molecule has 0 aliphatic rings. The quantitative estimate of drug-likeness (QED) is 0.268. The number of carbonyl (C=O) groups is 1. The van der Waals surface area contributed by atoms with Gasteiger partial charge in [-0.2, -0.15) is 0 Å². The van der Waals surface area contributed by atoms with Gasteiger partial charge in [0, 0.05) is 12.8 Å². The van der Waals surface area contributed by atoms with E-state index < -0.39 is 11.2 Å². The van der Waals surface area contributed by atoms with Crippen LogP contribution in [-0.2, 0) is 24.6 Å². The first-order chi connectivity index (χ1) is 15.8. The largest absolute Gasteiger partial charge is 0.457 e. The number of carbonyl (C=O) groups excluding carboxylic acids is 1. The Kier molecular flexibility index (Phi) is 8.43. The Balaban J connectivity index is 1.83. The van der Waals surface area contributed by atoms with E-state index >= 15 is 0 Å². The lowest BCUT2D eigenvalue weighted by molar-refractivity contribution is -0.160. The summed E-state index contributed by atoms with van der Waals surface area (Å²) < 4.78 is 18.0. The smallest absolute Gasteiger partial charge is 0.303 e. The first-order valence-electron chi connectivity index (χ1n) is 11.4. The Bertz CT molecular complexity index is 887. The lowest BCUT2D eigenvalue weighted by atomic mass is 9.80. The average Bonchev–Trinajstić information content (AvgIpc) is 2.81. The number of rotatable bonds is 11. The zero-order chi connectivity index (χ0) is 23.7. The average molecular weight is 447 g/mol. The van der Waals surface area contributed by atoms with E-state index in [1.807, 2.05) is 68.4 Å². The molecule has 0 heterocycles. The Morgan fingerprint density at radius 2 is 1.18 bits per heavy atom. The number of benzene rings is 3. The molecule has 0 aliphatic heterocycles. The van der Waals surface area contributed by atoms with Crippen LogP contribution in [0.2, 0.25) is 0 Å². The lowest BCUT2D eigenvalue weighted by Crippen LogP contribution is -2.36. The van der Waals surface area contributed by atoms with Crippen LogP contribution in [0.5, 0.6) is 0 Å². The molecule has 4 nitrogen and oxygen atoms in total. The molecule has 0 saturated heterocycles. The molecule has 1 atom stereocenters. The summed E-state index contributed by atoms with van der Waals surface area (Å²) >= 11 is 0. The summed E-state index contributed by atoms with van der Waals surface area (Å²) in [5.41, 5.74) is 1.83. The summed E-state index contributed by atoms with van der Waals surface area (Å²) in [6, 6.07) is 31.0. The van der Waals surface area contributed by atoms with Crippen LogP contribution >= 0.6 is 0 Å². The summed E-state index contributed by atoms with van der Waals surface area (Å²) in [6.07, 6.45) is 0. The maximum atomic E-state index is 11.3. The van der Waals surface area contributed by atoms with Crippen LogP contribution in [0.15, 0.2) is 91.0 Å². The molecule has 0 unspecified atom stereocenters. The third kappa shape index (κ3) is 6.53. The van der Waals surface area contributed by atoms with Crippen molar-refractivity contribution in [1.82, 2.24) is 0 Å². The van der Waals surface area contributed by atoms with Crippen LogP contribution in [0.3, 0.4) is 0 Å². The molecule has 0 bridgehead atoms. The lowest BCUT2D eigenvalue weighted by Gasteiger charge is -2.37. The molecule has 0 radical (unpaired) electrons. The van der Waals surface area contributed by atoms with E-state index in [9.17, 15) is 4.79 Å². The van der Waals surface area contributed by atoms with Crippen LogP contribution < -0.4 is 0 Å². The van der Waals surface area contributed by atoms with Gasteiger partial charge in [-0.15, -0.1) is 0 Å². The monoisotopic (exact) mass is 446 g/mol. The Labute approximate surface area is 197 Å². The van der Waals surface area contributed by atoms with Crippen molar-refractivity contribution in [2.45, 2.75) is 38.9 Å². The van der Waals surface area contributed by atoms with Crippen molar-refractivity contribution < 1.29 is 19.0 Å². The van der Waals surface area contributed by atoms with Gasteiger partial charge in [-0.25, -0.2) is 0 Å². The van der Waals surface area contributed by atoms with Gasteiger partial charge in [-0.1, -0.05) is 97.9 Å². The highest BCUT2D eigenvalue weighted by atomic mass is 16.6. The summed E-state index contributed by atoms with van der Waals surface area (Å²) in [4.78, 5) is 11.3. The minimum Gasteiger partial charge on any atom is -0.457 e. The van der Waals surface area contributed by atoms with Crippen LogP contribution in [0.25, 0.3) is 0 Å². The van der Waals surface area contributed by atoms with E-state index in [1.54, 1.807) is 0 Å². The molecule has 0 fully saturated rings. The predicted molar refractivity (Wildman–Crippen MR) is 131 cm³/mol. The Hall–Kier alpha value is -2.95. The highest BCUT2D eigenvalue weighted by Crippen LogP contribution is 2.40. The molecule has 33 heavy (non-hydrogen) atoms. The second-order valence-corrected chi connectivity index (χ2v) is 9.06. The maximum absolute atomic E-state index is 11.3. The zero-order valence-electron chi connectivity index (χ0n) is 20.0. The van der Waals surface area contributed by atoms with Crippen molar-refractivity contribution in [2.75, 3.05) is 19.8 Å². The van der Waals surface area contributed by atoms with Gasteiger partial charge in [0.1, 0.15) is 11.2 Å². The van der Waals surface area contributed by atoms with E-state index in [0.717, 1.165) is 16.7 Å². The van der Waals surface area contributed by atoms with E-state index in [-0.39, 0.29) is 11.9 Å². The maximum Gasteiger partial charge on any atom is 0.303 e. The third-order valence-corrected chi connectivity index (χ3v) is 5.40. The molecule has 3 rings (SSSR count). The number of hydrogen-bond acceptors (Lipinski definition) is 4. The van der Waals surface area contributed by atoms with Crippen molar-refractivity contribution in [1.29, 1.82) is 0 Å². The molecule has 0 amide bonds. The summed E-state index contributed by atoms with van der Waals surface area (Å²) in [6.45, 7) is 8.53. The highest BCUT2D eigenvalue weighted by Gasteiger charge is 2.37. The molecule has 3 aromatic carbocycles. The van der Waals surface area contributed by atoms with Gasteiger partial charge in [-0.3, -0.25) is 4.79 Å². The van der Waals surface area contributed by atoms with E-state index in [2.05, 4.69) is 43.3 Å². The normalized spacial score (nSPS) is 12.8. The van der Waals surface area contributed by atoms with Gasteiger partial charge in [0.15, 0.2) is 0 Å². The topological polar surface area (TPSA) is 44.8 Å². The van der Waals surface area contributed by atoms with Crippen molar-refractivity contribution in [3.05, 3.63) is 108 Å². The minimum atomic E-state index is -0.741. The van der Waals surface area contributed by atoms with Crippen molar-refractivity contribution in [3.63, 3.8) is 0 Å². The molecular weight excluding hydrogens is 412 g/mol. The van der Waals surface area contributed by atoms with Gasteiger partial charge in [-0.05, 0) is 30.5 Å². The predicted octanol–water partition coefficient (Wildman–Crippen LogP) is 5.99. The second kappa shape index (κ2) is 11.3. The van der Waals surface area contributed by atoms with Crippen molar-refractivity contribution >= 4 is 5.97 Å². The van der Waals surface area contributed by atoms with Gasteiger partial charge < -0.3 is 14.2 Å². The Morgan fingerprint density at radius 3 is 1.58 bits per heavy atom. The SMILES string of the molecule is CC(=O)OC(C)(C)COC[C@H](C)COC(c1ccccc1)(c1ccccc1)c1ccccc1. The van der Waals surface area contributed by atoms with Crippen LogP contribution in [0.1, 0.15) is 44.4 Å². The summed E-state index contributed by atoms with van der Waals surface area (Å²) in [5.74, 6) is -0.174. The van der Waals surface area contributed by atoms with E-state index in [4.69, 9.17) is 14.2 Å². The second-order valence-electron chi connectivity index (χ2n) is 9.06. The van der Waals surface area contributed by atoms with Gasteiger partial charge >= 0.3 is 5.97 Å². The standard InChI is InChI=1S/C29H34O4/c1-23(20-31-22-28(3,4)33-24(2)30)21-32-29(25-14-8-5-9-15-25,26-16-10-6-11-17-26)27-18-12-7-13-19-27/h5-19,23H,20-22H2,1-4H3/t23-/m0/s1. The fraction of sp³-hybridized carbons (Fsp3) is 0.345. The minimum absolute atomic E-state index is 0.133. The molecule has 0 spiro atoms. The van der Waals surface area contributed by atoms with E-state index in [0.29, 0.717) is 19.8 Å². The van der Waals surface area contributed by atoms with E-state index in [1.165, 1.54) is 6.92 Å². The zero-order valence-corrected chi connectivity index (χ0v) is 20.0. The first kappa shape index (κ1) is 24.7. The van der Waals surface area contributed by atoms with Crippen molar-refractivity contribution in [3.8, 4) is 0 Å². The molecule has 0 aromatic heterocycles. The van der Waals surface area contributed by atoms with Crippen molar-refractivity contribution in [2.24, 2.45) is 5.92 Å². The van der Waals surface area contributed by atoms with Crippen LogP contribution in [0.4, 0.5) is 0 Å². The summed E-state index contributed by atoms with van der Waals surface area (Å²) in [7, 11) is 0. The van der Waals surface area contributed by atoms with Gasteiger partial charge in [0.2, 0.25) is 0 Å². The molecule has 0 N–H and O–H groups in total. The fourth-order valence-electron chi connectivity index (χ4n) is 4.01. The molecule has 0 aliphatic carbocycles. The van der Waals surface area contributed by atoms with Crippen LogP contribution in [0, 0.1) is 5.92 Å². The molecule has 4 heteroatoms. The summed E-state index contributed by atoms with van der Waals surface area (Å²) in [5, 5.41) is 0.